The van der Waals surface area contributed by atoms with Crippen LogP contribution in [0.3, 0.4) is 0 Å². The Labute approximate surface area is 189 Å². The van der Waals surface area contributed by atoms with Gasteiger partial charge in [-0.1, -0.05) is 55.8 Å². The number of halogens is 1. The van der Waals surface area contributed by atoms with Gasteiger partial charge >= 0.3 is 0 Å². The first-order valence-electron chi connectivity index (χ1n) is 10.7. The predicted molar refractivity (Wildman–Crippen MR) is 127 cm³/mol. The average molecular weight is 443 g/mol. The number of carbonyl (C=O) groups is 2. The highest BCUT2D eigenvalue weighted by molar-refractivity contribution is 6.30. The van der Waals surface area contributed by atoms with Crippen molar-refractivity contribution in [2.75, 3.05) is 19.6 Å². The van der Waals surface area contributed by atoms with Crippen molar-refractivity contribution in [3.05, 3.63) is 70.7 Å². The molecule has 2 aromatic rings. The molecule has 0 aromatic heterocycles. The summed E-state index contributed by atoms with van der Waals surface area (Å²) < 4.78 is 0. The number of hydrazone groups is 1. The molecule has 0 radical (unpaired) electrons. The summed E-state index contributed by atoms with van der Waals surface area (Å²) in [6.45, 7) is 6.21. The number of amides is 2. The van der Waals surface area contributed by atoms with Crippen LogP contribution in [0.15, 0.2) is 59.7 Å². The summed E-state index contributed by atoms with van der Waals surface area (Å²) in [4.78, 5) is 27.0. The zero-order chi connectivity index (χ0) is 22.5. The number of hydrogen-bond donors (Lipinski definition) is 2. The molecule has 7 heteroatoms. The van der Waals surface area contributed by atoms with Gasteiger partial charge < -0.3 is 5.32 Å². The summed E-state index contributed by atoms with van der Waals surface area (Å²) in [6.07, 6.45) is 3.90. The van der Waals surface area contributed by atoms with Crippen molar-refractivity contribution in [1.82, 2.24) is 15.6 Å². The molecule has 0 saturated heterocycles. The van der Waals surface area contributed by atoms with Crippen LogP contribution < -0.4 is 10.7 Å². The highest BCUT2D eigenvalue weighted by Crippen LogP contribution is 2.11. The van der Waals surface area contributed by atoms with Gasteiger partial charge in [0, 0.05) is 17.1 Å². The van der Waals surface area contributed by atoms with Gasteiger partial charge in [0.15, 0.2) is 0 Å². The standard InChI is InChI=1S/C24H31ClN4O2/c1-3-29(4-2)22(24(31)28-27-18-19-11-10-14-21(25)17-19)15-8-9-16-26-23(30)20-12-6-5-7-13-20/h5-7,10-14,17-18,22H,3-4,8-9,15-16H2,1-2H3,(H,26,30)(H,28,31)/b27-18+/t22-/m0/s1. The molecule has 0 saturated carbocycles. The Kier molecular flexibility index (Phi) is 10.8. The van der Waals surface area contributed by atoms with Crippen molar-refractivity contribution in [2.24, 2.45) is 5.10 Å². The minimum Gasteiger partial charge on any atom is -0.352 e. The summed E-state index contributed by atoms with van der Waals surface area (Å²) in [6, 6.07) is 16.2. The second-order valence-corrected chi connectivity index (χ2v) is 7.58. The molecule has 1 atom stereocenters. The number of benzene rings is 2. The van der Waals surface area contributed by atoms with Gasteiger partial charge in [0.05, 0.1) is 12.3 Å². The number of unbranched alkanes of at least 4 members (excludes halogenated alkanes) is 1. The molecule has 0 aliphatic carbocycles. The Balaban J connectivity index is 1.82. The van der Waals surface area contributed by atoms with E-state index >= 15 is 0 Å². The van der Waals surface area contributed by atoms with Crippen LogP contribution in [-0.2, 0) is 4.79 Å². The van der Waals surface area contributed by atoms with Crippen molar-refractivity contribution in [3.8, 4) is 0 Å². The maximum absolute atomic E-state index is 12.8. The number of likely N-dealkylation sites (N-methyl/N-ethyl adjacent to an activating group) is 1. The predicted octanol–water partition coefficient (Wildman–Crippen LogP) is 4.10. The summed E-state index contributed by atoms with van der Waals surface area (Å²) in [5, 5.41) is 7.64. The van der Waals surface area contributed by atoms with Gasteiger partial charge in [0.1, 0.15) is 0 Å². The van der Waals surface area contributed by atoms with Crippen molar-refractivity contribution in [1.29, 1.82) is 0 Å². The monoisotopic (exact) mass is 442 g/mol. The van der Waals surface area contributed by atoms with Crippen LogP contribution in [0.25, 0.3) is 0 Å². The highest BCUT2D eigenvalue weighted by Gasteiger charge is 2.23. The van der Waals surface area contributed by atoms with E-state index in [0.717, 1.165) is 31.5 Å². The Morgan fingerprint density at radius 1 is 1.06 bits per heavy atom. The zero-order valence-electron chi connectivity index (χ0n) is 18.2. The fourth-order valence-corrected chi connectivity index (χ4v) is 3.53. The number of carbonyl (C=O) groups excluding carboxylic acids is 2. The molecular formula is C24H31ClN4O2. The summed E-state index contributed by atoms with van der Waals surface area (Å²) in [5.41, 5.74) is 4.13. The fraction of sp³-hybridized carbons (Fsp3) is 0.375. The van der Waals surface area contributed by atoms with Crippen LogP contribution in [-0.4, -0.2) is 48.6 Å². The van der Waals surface area contributed by atoms with Crippen LogP contribution in [0.1, 0.15) is 49.0 Å². The normalized spacial score (nSPS) is 12.1. The van der Waals surface area contributed by atoms with Crippen LogP contribution in [0.2, 0.25) is 5.02 Å². The van der Waals surface area contributed by atoms with E-state index in [0.29, 0.717) is 23.6 Å². The van der Waals surface area contributed by atoms with Crippen molar-refractivity contribution < 1.29 is 9.59 Å². The number of nitrogens with one attached hydrogen (secondary N) is 2. The molecule has 0 aliphatic heterocycles. The van der Waals surface area contributed by atoms with E-state index in [1.165, 1.54) is 0 Å². The Morgan fingerprint density at radius 3 is 2.48 bits per heavy atom. The van der Waals surface area contributed by atoms with Gasteiger partial charge in [-0.2, -0.15) is 5.10 Å². The van der Waals surface area contributed by atoms with Crippen molar-refractivity contribution >= 4 is 29.6 Å². The molecule has 0 bridgehead atoms. The SMILES string of the molecule is CCN(CC)[C@@H](CCCCNC(=O)c1ccccc1)C(=O)N/N=C/c1cccc(Cl)c1. The minimum atomic E-state index is -0.267. The van der Waals surface area contributed by atoms with E-state index in [-0.39, 0.29) is 17.9 Å². The quantitative estimate of drug-likeness (QED) is 0.295. The van der Waals surface area contributed by atoms with Crippen LogP contribution in [0.4, 0.5) is 0 Å². The van der Waals surface area contributed by atoms with Crippen LogP contribution in [0, 0.1) is 0 Å². The van der Waals surface area contributed by atoms with Gasteiger partial charge in [0.2, 0.25) is 0 Å². The van der Waals surface area contributed by atoms with Gasteiger partial charge in [-0.15, -0.1) is 0 Å². The lowest BCUT2D eigenvalue weighted by Gasteiger charge is -2.28. The molecule has 2 aromatic carbocycles. The Hall–Kier alpha value is -2.70. The lowest BCUT2D eigenvalue weighted by atomic mass is 10.1. The third-order valence-electron chi connectivity index (χ3n) is 5.02. The molecule has 2 amide bonds. The second-order valence-electron chi connectivity index (χ2n) is 7.14. The van der Waals surface area contributed by atoms with E-state index < -0.39 is 0 Å². The van der Waals surface area contributed by atoms with E-state index in [2.05, 4.69) is 20.7 Å². The molecular weight excluding hydrogens is 412 g/mol. The Morgan fingerprint density at radius 2 is 1.81 bits per heavy atom. The summed E-state index contributed by atoms with van der Waals surface area (Å²) in [7, 11) is 0. The molecule has 0 heterocycles. The molecule has 2 rings (SSSR count). The van der Waals surface area contributed by atoms with Crippen LogP contribution >= 0.6 is 11.6 Å². The first-order valence-corrected chi connectivity index (χ1v) is 11.1. The molecule has 166 valence electrons. The second kappa shape index (κ2) is 13.6. The van der Waals surface area contributed by atoms with Crippen molar-refractivity contribution in [3.63, 3.8) is 0 Å². The third-order valence-corrected chi connectivity index (χ3v) is 5.25. The van der Waals surface area contributed by atoms with Gasteiger partial charge in [-0.25, -0.2) is 5.43 Å². The largest absolute Gasteiger partial charge is 0.352 e. The van der Waals surface area contributed by atoms with Gasteiger partial charge in [-0.3, -0.25) is 14.5 Å². The third kappa shape index (κ3) is 8.52. The lowest BCUT2D eigenvalue weighted by Crippen LogP contribution is -2.45. The van der Waals surface area contributed by atoms with Gasteiger partial charge in [0.25, 0.3) is 11.8 Å². The number of hydrogen-bond acceptors (Lipinski definition) is 4. The number of nitrogens with zero attached hydrogens (tertiary/aromatic N) is 2. The first kappa shape index (κ1) is 24.6. The minimum absolute atomic E-state index is 0.0750. The van der Waals surface area contributed by atoms with E-state index in [9.17, 15) is 9.59 Å². The molecule has 2 N–H and O–H groups in total. The Bertz CT molecular complexity index is 854. The molecule has 0 aliphatic rings. The van der Waals surface area contributed by atoms with E-state index in [1.807, 2.05) is 44.2 Å². The average Bonchev–Trinajstić information content (AvgIpc) is 2.78. The van der Waals surface area contributed by atoms with Crippen molar-refractivity contribution in [2.45, 2.75) is 39.2 Å². The molecule has 31 heavy (non-hydrogen) atoms. The fourth-order valence-electron chi connectivity index (χ4n) is 3.33. The lowest BCUT2D eigenvalue weighted by molar-refractivity contribution is -0.126. The first-order chi connectivity index (χ1) is 15.0. The maximum atomic E-state index is 12.8. The summed E-state index contributed by atoms with van der Waals surface area (Å²) in [5.74, 6) is -0.204. The molecule has 0 spiro atoms. The molecule has 0 unspecified atom stereocenters. The zero-order valence-corrected chi connectivity index (χ0v) is 18.9. The number of rotatable bonds is 12. The smallest absolute Gasteiger partial charge is 0.257 e. The van der Waals surface area contributed by atoms with E-state index in [4.69, 9.17) is 11.6 Å². The van der Waals surface area contributed by atoms with Crippen LogP contribution in [0.5, 0.6) is 0 Å². The topological polar surface area (TPSA) is 73.8 Å². The summed E-state index contributed by atoms with van der Waals surface area (Å²) >= 11 is 5.97. The molecule has 0 fully saturated rings. The molecule has 6 nitrogen and oxygen atoms in total. The van der Waals surface area contributed by atoms with E-state index in [1.54, 1.807) is 30.5 Å². The van der Waals surface area contributed by atoms with Gasteiger partial charge in [-0.05, 0) is 62.2 Å². The highest BCUT2D eigenvalue weighted by atomic mass is 35.5. The maximum Gasteiger partial charge on any atom is 0.257 e.